The van der Waals surface area contributed by atoms with E-state index in [4.69, 9.17) is 4.74 Å². The van der Waals surface area contributed by atoms with Crippen LogP contribution in [-0.4, -0.2) is 34.6 Å². The lowest BCUT2D eigenvalue weighted by Crippen LogP contribution is -2.45. The van der Waals surface area contributed by atoms with E-state index in [2.05, 4.69) is 39.8 Å². The van der Waals surface area contributed by atoms with Gasteiger partial charge >= 0.3 is 0 Å². The van der Waals surface area contributed by atoms with E-state index in [1.807, 2.05) is 13.8 Å². The van der Waals surface area contributed by atoms with E-state index in [-0.39, 0.29) is 23.2 Å². The van der Waals surface area contributed by atoms with Crippen molar-refractivity contribution < 1.29 is 14.6 Å². The summed E-state index contributed by atoms with van der Waals surface area (Å²) in [5, 5.41) is 11.5. The topological polar surface area (TPSA) is 49.8 Å². The van der Waals surface area contributed by atoms with Gasteiger partial charge in [-0.1, -0.05) is 31.4 Å². The number of aromatic hydroxyl groups is 1. The molecule has 0 aromatic heterocycles. The maximum Gasteiger partial charge on any atom is 0.257 e. The second-order valence-corrected chi connectivity index (χ2v) is 9.50. The Hall–Kier alpha value is -1.97. The van der Waals surface area contributed by atoms with Gasteiger partial charge in [-0.25, -0.2) is 0 Å². The van der Waals surface area contributed by atoms with Crippen LogP contribution in [0.1, 0.15) is 101 Å². The first kappa shape index (κ1) is 22.7. The summed E-state index contributed by atoms with van der Waals surface area (Å²) in [4.78, 5) is 15.2. The zero-order valence-corrected chi connectivity index (χ0v) is 19.7. The number of phenols is 1. The summed E-state index contributed by atoms with van der Waals surface area (Å²) in [5.41, 5.74) is 3.28. The molecular weight excluding hydrogens is 374 g/mol. The number of allylic oxidation sites excluding steroid dienone is 2. The van der Waals surface area contributed by atoms with Gasteiger partial charge in [0.25, 0.3) is 5.91 Å². The average molecular weight is 414 g/mol. The van der Waals surface area contributed by atoms with Crippen LogP contribution in [0.2, 0.25) is 0 Å². The van der Waals surface area contributed by atoms with Crippen molar-refractivity contribution >= 4 is 5.91 Å². The number of unbranched alkanes of at least 4 members (excludes halogenated alkanes) is 2. The van der Waals surface area contributed by atoms with E-state index in [1.165, 1.54) is 5.57 Å². The Morgan fingerprint density at radius 1 is 1.23 bits per heavy atom. The van der Waals surface area contributed by atoms with E-state index in [1.54, 1.807) is 4.90 Å². The molecule has 0 spiro atoms. The molecule has 30 heavy (non-hydrogen) atoms. The van der Waals surface area contributed by atoms with Crippen LogP contribution in [0.4, 0.5) is 0 Å². The maximum atomic E-state index is 13.4. The number of ether oxygens (including phenoxy) is 1. The minimum atomic E-state index is -0.299. The van der Waals surface area contributed by atoms with Crippen LogP contribution in [0, 0.1) is 5.92 Å². The molecule has 2 unspecified atom stereocenters. The number of hydrogen-bond acceptors (Lipinski definition) is 3. The number of hydrogen-bond donors (Lipinski definition) is 1. The normalized spacial score (nSPS) is 21.9. The van der Waals surface area contributed by atoms with Crippen molar-refractivity contribution in [2.75, 3.05) is 13.1 Å². The van der Waals surface area contributed by atoms with E-state index in [9.17, 15) is 9.90 Å². The van der Waals surface area contributed by atoms with Crippen LogP contribution in [0.25, 0.3) is 0 Å². The summed E-state index contributed by atoms with van der Waals surface area (Å²) in [6.45, 7) is 13.9. The maximum absolute atomic E-state index is 13.4. The molecule has 2 aliphatic rings. The third-order valence-electron chi connectivity index (χ3n) is 7.04. The molecule has 1 N–H and O–H groups in total. The molecule has 166 valence electrons. The van der Waals surface area contributed by atoms with Crippen LogP contribution in [0.15, 0.2) is 17.7 Å². The number of benzene rings is 1. The second-order valence-electron chi connectivity index (χ2n) is 9.50. The highest BCUT2D eigenvalue weighted by molar-refractivity contribution is 5.99. The molecule has 1 aromatic carbocycles. The number of carbonyl (C=O) groups is 1. The number of carbonyl (C=O) groups excluding carboxylic acids is 1. The lowest BCUT2D eigenvalue weighted by Gasteiger charge is -2.46. The Bertz CT molecular complexity index is 820. The zero-order chi connectivity index (χ0) is 22.1. The van der Waals surface area contributed by atoms with Gasteiger partial charge in [0.1, 0.15) is 17.1 Å². The minimum Gasteiger partial charge on any atom is -0.507 e. The van der Waals surface area contributed by atoms with E-state index >= 15 is 0 Å². The fourth-order valence-electron chi connectivity index (χ4n) is 5.28. The smallest absolute Gasteiger partial charge is 0.257 e. The molecule has 1 aromatic rings. The molecule has 0 bridgehead atoms. The highest BCUT2D eigenvalue weighted by Gasteiger charge is 2.46. The van der Waals surface area contributed by atoms with Crippen LogP contribution in [0.3, 0.4) is 0 Å². The fourth-order valence-corrected chi connectivity index (χ4v) is 5.28. The van der Waals surface area contributed by atoms with Gasteiger partial charge in [-0.2, -0.15) is 0 Å². The molecule has 1 aliphatic carbocycles. The van der Waals surface area contributed by atoms with Crippen molar-refractivity contribution in [2.45, 2.75) is 91.6 Å². The molecule has 4 heteroatoms. The summed E-state index contributed by atoms with van der Waals surface area (Å²) in [5.74, 6) is 1.22. The van der Waals surface area contributed by atoms with Gasteiger partial charge in [-0.15, -0.1) is 0 Å². The number of rotatable bonds is 7. The molecule has 1 aliphatic heterocycles. The van der Waals surface area contributed by atoms with Crippen molar-refractivity contribution in [3.8, 4) is 11.5 Å². The van der Waals surface area contributed by atoms with Crippen molar-refractivity contribution in [2.24, 2.45) is 5.92 Å². The monoisotopic (exact) mass is 413 g/mol. The Kier molecular flexibility index (Phi) is 6.84. The predicted molar refractivity (Wildman–Crippen MR) is 123 cm³/mol. The number of phenolic OH excluding ortho intramolecular Hbond substituents is 1. The number of aryl methyl sites for hydroxylation is 1. The van der Waals surface area contributed by atoms with Crippen molar-refractivity contribution in [1.82, 2.24) is 4.90 Å². The van der Waals surface area contributed by atoms with Gasteiger partial charge in [-0.05, 0) is 71.9 Å². The molecule has 2 atom stereocenters. The SMILES string of the molecule is CCCCCc1cc2c(c(O)c1C(=O)N(CC)CC)C1C=C(C)CCC1C(C)(C)O2. The summed E-state index contributed by atoms with van der Waals surface area (Å²) in [6.07, 6.45) is 8.40. The zero-order valence-electron chi connectivity index (χ0n) is 19.7. The molecule has 1 amide bonds. The average Bonchev–Trinajstić information content (AvgIpc) is 2.68. The number of fused-ring (bicyclic) bond motifs is 3. The van der Waals surface area contributed by atoms with Crippen LogP contribution < -0.4 is 4.74 Å². The molecule has 0 radical (unpaired) electrons. The second kappa shape index (κ2) is 9.03. The summed E-state index contributed by atoms with van der Waals surface area (Å²) in [6, 6.07) is 2.05. The Morgan fingerprint density at radius 2 is 1.93 bits per heavy atom. The van der Waals surface area contributed by atoms with Crippen molar-refractivity contribution in [3.63, 3.8) is 0 Å². The summed E-state index contributed by atoms with van der Waals surface area (Å²) < 4.78 is 6.49. The fraction of sp³-hybridized carbons (Fsp3) is 0.654. The van der Waals surface area contributed by atoms with Crippen LogP contribution in [0.5, 0.6) is 11.5 Å². The molecule has 0 saturated heterocycles. The Labute approximate surface area is 182 Å². The lowest BCUT2D eigenvalue weighted by atomic mass is 9.67. The van der Waals surface area contributed by atoms with E-state index in [0.717, 1.165) is 55.4 Å². The van der Waals surface area contributed by atoms with Crippen LogP contribution >= 0.6 is 0 Å². The van der Waals surface area contributed by atoms with Crippen molar-refractivity contribution in [1.29, 1.82) is 0 Å². The molecular formula is C26H39NO3. The van der Waals surface area contributed by atoms with Crippen LogP contribution in [-0.2, 0) is 6.42 Å². The lowest BCUT2D eigenvalue weighted by molar-refractivity contribution is 0.0106. The Morgan fingerprint density at radius 3 is 2.57 bits per heavy atom. The Balaban J connectivity index is 2.18. The molecule has 3 rings (SSSR count). The minimum absolute atomic E-state index is 0.0651. The predicted octanol–water partition coefficient (Wildman–Crippen LogP) is 6.22. The van der Waals surface area contributed by atoms with Gasteiger partial charge in [0.15, 0.2) is 0 Å². The quantitative estimate of drug-likeness (QED) is 0.426. The summed E-state index contributed by atoms with van der Waals surface area (Å²) >= 11 is 0. The molecule has 4 nitrogen and oxygen atoms in total. The van der Waals surface area contributed by atoms with Gasteiger partial charge < -0.3 is 14.7 Å². The third-order valence-corrected chi connectivity index (χ3v) is 7.04. The van der Waals surface area contributed by atoms with Gasteiger partial charge in [0.05, 0.1) is 5.56 Å². The van der Waals surface area contributed by atoms with E-state index < -0.39 is 0 Å². The van der Waals surface area contributed by atoms with Gasteiger partial charge in [0, 0.05) is 30.5 Å². The van der Waals surface area contributed by atoms with Gasteiger partial charge in [0.2, 0.25) is 0 Å². The molecule has 0 saturated carbocycles. The first-order valence-corrected chi connectivity index (χ1v) is 11.8. The summed E-state index contributed by atoms with van der Waals surface area (Å²) in [7, 11) is 0. The standard InChI is InChI=1S/C26H39NO3/c1-7-10-11-12-18-16-21-23(24(28)22(18)25(29)27(8-2)9-3)19-15-17(4)13-14-20(19)26(5,6)30-21/h15-16,19-20,28H,7-14H2,1-6H3. The first-order valence-electron chi connectivity index (χ1n) is 11.8. The molecule has 0 fully saturated rings. The highest BCUT2D eigenvalue weighted by Crippen LogP contribution is 2.54. The number of amides is 1. The number of nitrogens with zero attached hydrogens (tertiary/aromatic N) is 1. The van der Waals surface area contributed by atoms with E-state index in [0.29, 0.717) is 24.6 Å². The molecule has 1 heterocycles. The largest absolute Gasteiger partial charge is 0.507 e. The highest BCUT2D eigenvalue weighted by atomic mass is 16.5. The first-order chi connectivity index (χ1) is 14.2. The van der Waals surface area contributed by atoms with Gasteiger partial charge in [-0.3, -0.25) is 4.79 Å². The van der Waals surface area contributed by atoms with Crippen molar-refractivity contribution in [3.05, 3.63) is 34.4 Å². The third kappa shape index (κ3) is 4.10.